The third-order valence-electron chi connectivity index (χ3n) is 3.75. The Bertz CT molecular complexity index is 373. The Morgan fingerprint density at radius 3 is 2.15 bits per heavy atom. The molecule has 0 aromatic heterocycles. The van der Waals surface area contributed by atoms with Gasteiger partial charge in [-0.1, -0.05) is 31.9 Å². The number of nitrogens with two attached hydrogens (primary N) is 1. The van der Waals surface area contributed by atoms with Gasteiger partial charge in [-0.15, -0.1) is 0 Å². The molecule has 0 aliphatic heterocycles. The zero-order valence-corrected chi connectivity index (χ0v) is 13.3. The average molecular weight is 280 g/mol. The molecule has 0 bridgehead atoms. The minimum atomic E-state index is -0.195. The number of hydrogen-bond donors (Lipinski definition) is 1. The van der Waals surface area contributed by atoms with Crippen molar-refractivity contribution < 1.29 is 4.39 Å². The summed E-state index contributed by atoms with van der Waals surface area (Å²) >= 11 is 0. The van der Waals surface area contributed by atoms with E-state index in [1.807, 2.05) is 19.1 Å². The smallest absolute Gasteiger partial charge is 0.123 e. The summed E-state index contributed by atoms with van der Waals surface area (Å²) in [6.07, 6.45) is 3.63. The molecule has 0 fully saturated rings. The first kappa shape index (κ1) is 17.1. The van der Waals surface area contributed by atoms with Gasteiger partial charge in [0.1, 0.15) is 5.82 Å². The lowest BCUT2D eigenvalue weighted by atomic mass is 9.97. The summed E-state index contributed by atoms with van der Waals surface area (Å²) in [7, 11) is 0. The van der Waals surface area contributed by atoms with Crippen LogP contribution in [-0.2, 0) is 0 Å². The summed E-state index contributed by atoms with van der Waals surface area (Å²) < 4.78 is 13.1. The van der Waals surface area contributed by atoms with Gasteiger partial charge in [0.15, 0.2) is 0 Å². The minimum absolute atomic E-state index is 0.0180. The zero-order chi connectivity index (χ0) is 15.1. The Morgan fingerprint density at radius 1 is 1.10 bits per heavy atom. The third kappa shape index (κ3) is 4.88. The summed E-state index contributed by atoms with van der Waals surface area (Å²) in [6, 6.07) is 7.35. The second-order valence-corrected chi connectivity index (χ2v) is 5.89. The normalized spacial score (nSPS) is 14.8. The van der Waals surface area contributed by atoms with E-state index in [0.29, 0.717) is 6.04 Å². The molecule has 0 heterocycles. The number of hydrogen-bond acceptors (Lipinski definition) is 2. The van der Waals surface area contributed by atoms with Crippen LogP contribution in [0, 0.1) is 5.82 Å². The number of nitrogens with zero attached hydrogens (tertiary/aromatic N) is 1. The molecular weight excluding hydrogens is 251 g/mol. The monoisotopic (exact) mass is 280 g/mol. The highest BCUT2D eigenvalue weighted by molar-refractivity contribution is 5.21. The highest BCUT2D eigenvalue weighted by atomic mass is 19.1. The molecule has 2 nitrogen and oxygen atoms in total. The van der Waals surface area contributed by atoms with Crippen LogP contribution in [0.1, 0.15) is 58.6 Å². The van der Waals surface area contributed by atoms with Crippen molar-refractivity contribution in [2.24, 2.45) is 5.73 Å². The van der Waals surface area contributed by atoms with E-state index in [1.165, 1.54) is 31.4 Å². The highest BCUT2D eigenvalue weighted by Crippen LogP contribution is 2.26. The number of rotatable bonds is 8. The predicted octanol–water partition coefficient (Wildman–Crippen LogP) is 4.11. The van der Waals surface area contributed by atoms with Crippen molar-refractivity contribution in [1.29, 1.82) is 0 Å². The quantitative estimate of drug-likeness (QED) is 0.726. The molecule has 1 aromatic carbocycles. The fourth-order valence-electron chi connectivity index (χ4n) is 2.72. The van der Waals surface area contributed by atoms with Gasteiger partial charge in [-0.3, -0.25) is 4.90 Å². The molecule has 0 saturated heterocycles. The molecule has 114 valence electrons. The Hall–Kier alpha value is -0.930. The van der Waals surface area contributed by atoms with Gasteiger partial charge in [0.25, 0.3) is 0 Å². The number of halogens is 1. The lowest BCUT2D eigenvalue weighted by Gasteiger charge is -2.37. The SMILES string of the molecule is CCCCCN(C(C)C)C(c1ccc(F)cc1)C(C)N. The zero-order valence-electron chi connectivity index (χ0n) is 13.3. The maximum absolute atomic E-state index is 13.1. The first-order valence-corrected chi connectivity index (χ1v) is 7.74. The molecule has 0 spiro atoms. The summed E-state index contributed by atoms with van der Waals surface area (Å²) in [5.41, 5.74) is 7.32. The van der Waals surface area contributed by atoms with Crippen molar-refractivity contribution in [2.75, 3.05) is 6.54 Å². The summed E-state index contributed by atoms with van der Waals surface area (Å²) in [6.45, 7) is 9.68. The van der Waals surface area contributed by atoms with Gasteiger partial charge < -0.3 is 5.73 Å². The van der Waals surface area contributed by atoms with Crippen molar-refractivity contribution in [3.8, 4) is 0 Å². The van der Waals surface area contributed by atoms with Crippen molar-refractivity contribution in [2.45, 2.75) is 65.1 Å². The fourth-order valence-corrected chi connectivity index (χ4v) is 2.72. The van der Waals surface area contributed by atoms with Gasteiger partial charge >= 0.3 is 0 Å². The first-order chi connectivity index (χ1) is 9.47. The molecule has 2 unspecified atom stereocenters. The van der Waals surface area contributed by atoms with Gasteiger partial charge in [-0.2, -0.15) is 0 Å². The fraction of sp³-hybridized carbons (Fsp3) is 0.647. The van der Waals surface area contributed by atoms with E-state index in [0.717, 1.165) is 12.1 Å². The van der Waals surface area contributed by atoms with E-state index in [2.05, 4.69) is 25.7 Å². The van der Waals surface area contributed by atoms with Gasteiger partial charge in [0, 0.05) is 18.1 Å². The van der Waals surface area contributed by atoms with Gasteiger partial charge in [0.05, 0.1) is 0 Å². The number of unbranched alkanes of at least 4 members (excludes halogenated alkanes) is 2. The topological polar surface area (TPSA) is 29.3 Å². The lowest BCUT2D eigenvalue weighted by Crippen LogP contribution is -2.43. The van der Waals surface area contributed by atoms with Crippen molar-refractivity contribution in [1.82, 2.24) is 4.90 Å². The van der Waals surface area contributed by atoms with Crippen molar-refractivity contribution in [3.05, 3.63) is 35.6 Å². The van der Waals surface area contributed by atoms with E-state index < -0.39 is 0 Å². The summed E-state index contributed by atoms with van der Waals surface area (Å²) in [4.78, 5) is 2.44. The second kappa shape index (κ2) is 8.38. The third-order valence-corrected chi connectivity index (χ3v) is 3.75. The van der Waals surface area contributed by atoms with Crippen LogP contribution in [0.25, 0.3) is 0 Å². The molecule has 0 amide bonds. The maximum Gasteiger partial charge on any atom is 0.123 e. The van der Waals surface area contributed by atoms with Crippen LogP contribution in [0.2, 0.25) is 0 Å². The van der Waals surface area contributed by atoms with Crippen LogP contribution in [0.5, 0.6) is 0 Å². The summed E-state index contributed by atoms with van der Waals surface area (Å²) in [5, 5.41) is 0. The lowest BCUT2D eigenvalue weighted by molar-refractivity contribution is 0.133. The van der Waals surface area contributed by atoms with Crippen molar-refractivity contribution in [3.63, 3.8) is 0 Å². The predicted molar refractivity (Wildman–Crippen MR) is 84.2 cm³/mol. The number of benzene rings is 1. The molecule has 0 radical (unpaired) electrons. The Morgan fingerprint density at radius 2 is 1.70 bits per heavy atom. The second-order valence-electron chi connectivity index (χ2n) is 5.89. The standard InChI is InChI=1S/C17H29FN2/c1-5-6-7-12-20(13(2)3)17(14(4)19)15-8-10-16(18)11-9-15/h8-11,13-14,17H,5-7,12,19H2,1-4H3. The van der Waals surface area contributed by atoms with Crippen LogP contribution in [0.3, 0.4) is 0 Å². The minimum Gasteiger partial charge on any atom is -0.326 e. The molecule has 0 saturated carbocycles. The highest BCUT2D eigenvalue weighted by Gasteiger charge is 2.25. The van der Waals surface area contributed by atoms with Crippen LogP contribution in [-0.4, -0.2) is 23.5 Å². The van der Waals surface area contributed by atoms with E-state index >= 15 is 0 Å². The Labute approximate surface area is 123 Å². The molecule has 20 heavy (non-hydrogen) atoms. The first-order valence-electron chi connectivity index (χ1n) is 7.74. The average Bonchev–Trinajstić information content (AvgIpc) is 2.39. The Kier molecular flexibility index (Phi) is 7.17. The molecule has 3 heteroatoms. The van der Waals surface area contributed by atoms with Crippen molar-refractivity contribution >= 4 is 0 Å². The molecule has 2 N–H and O–H groups in total. The van der Waals surface area contributed by atoms with Crippen LogP contribution in [0.15, 0.2) is 24.3 Å². The van der Waals surface area contributed by atoms with E-state index in [4.69, 9.17) is 5.73 Å². The van der Waals surface area contributed by atoms with Crippen LogP contribution >= 0.6 is 0 Å². The maximum atomic E-state index is 13.1. The van der Waals surface area contributed by atoms with E-state index in [1.54, 1.807) is 0 Å². The largest absolute Gasteiger partial charge is 0.326 e. The molecule has 0 aliphatic carbocycles. The molecule has 0 aliphatic rings. The van der Waals surface area contributed by atoms with Gasteiger partial charge in [0.2, 0.25) is 0 Å². The molecule has 2 atom stereocenters. The van der Waals surface area contributed by atoms with Gasteiger partial charge in [-0.25, -0.2) is 4.39 Å². The van der Waals surface area contributed by atoms with Crippen LogP contribution in [0.4, 0.5) is 4.39 Å². The molecule has 1 aromatic rings. The molecular formula is C17H29FN2. The van der Waals surface area contributed by atoms with E-state index in [-0.39, 0.29) is 17.9 Å². The molecule has 1 rings (SSSR count). The summed E-state index contributed by atoms with van der Waals surface area (Å²) in [5.74, 6) is -0.195. The van der Waals surface area contributed by atoms with E-state index in [9.17, 15) is 4.39 Å². The Balaban J connectivity index is 2.92. The van der Waals surface area contributed by atoms with Crippen LogP contribution < -0.4 is 5.73 Å². The van der Waals surface area contributed by atoms with Gasteiger partial charge in [-0.05, 0) is 51.4 Å².